The van der Waals surface area contributed by atoms with Gasteiger partial charge in [0.15, 0.2) is 6.10 Å². The molecule has 1 N–H and O–H groups in total. The van der Waals surface area contributed by atoms with E-state index in [1.54, 1.807) is 0 Å². The van der Waals surface area contributed by atoms with Crippen LogP contribution in [0.2, 0.25) is 0 Å². The summed E-state index contributed by atoms with van der Waals surface area (Å²) in [5.41, 5.74) is 0. The van der Waals surface area contributed by atoms with Gasteiger partial charge in [0.25, 0.3) is 6.29 Å². The van der Waals surface area contributed by atoms with Crippen LogP contribution in [0.4, 0.5) is 0 Å². The van der Waals surface area contributed by atoms with E-state index in [2.05, 4.69) is 74.6 Å². The van der Waals surface area contributed by atoms with Crippen LogP contribution in [0, 0.1) is 0 Å². The van der Waals surface area contributed by atoms with Gasteiger partial charge < -0.3 is 28.5 Å². The van der Waals surface area contributed by atoms with Crippen LogP contribution in [-0.4, -0.2) is 87.4 Å². The Hall–Kier alpha value is -3.01. The quantitative estimate of drug-likeness (QED) is 0.0211. The molecule has 0 aliphatic carbocycles. The molecule has 9 heteroatoms. The molecule has 0 aromatic carbocycles. The SMILES string of the molecule is CCCCCCC/C=C\C/C=C\C/C=C\CCCCCCCCCCCCCCCCCCCCC(=O)OC(COC(=O)CCCCCCCCCCCCCCCCCCCCCCCCC/C=C\C/C=C\CCCCCCC)COC(OCC[N+](C)(C)C)C(=O)O. The van der Waals surface area contributed by atoms with Crippen LogP contribution in [-0.2, 0) is 33.3 Å². The average molecular weight is 1310 g/mol. The molecule has 2 unspecified atom stereocenters. The van der Waals surface area contributed by atoms with Crippen LogP contribution >= 0.6 is 0 Å². The summed E-state index contributed by atoms with van der Waals surface area (Å²) in [6.07, 6.45) is 96.6. The monoisotopic (exact) mass is 1310 g/mol. The zero-order valence-electron chi connectivity index (χ0n) is 62.4. The van der Waals surface area contributed by atoms with Crippen molar-refractivity contribution in [1.29, 1.82) is 0 Å². The Bertz CT molecular complexity index is 1710. The molecule has 0 aromatic heterocycles. The molecule has 0 aliphatic heterocycles. The molecule has 0 aliphatic rings. The number of esters is 2. The van der Waals surface area contributed by atoms with Crippen molar-refractivity contribution < 1.29 is 42.9 Å². The molecular formula is C84H156NO8+. The first kappa shape index (κ1) is 90.0. The van der Waals surface area contributed by atoms with Gasteiger partial charge in [-0.1, -0.05) is 364 Å². The van der Waals surface area contributed by atoms with Crippen molar-refractivity contribution in [3.63, 3.8) is 0 Å². The van der Waals surface area contributed by atoms with Crippen LogP contribution in [0.3, 0.4) is 0 Å². The van der Waals surface area contributed by atoms with E-state index >= 15 is 0 Å². The predicted octanol–water partition coefficient (Wildman–Crippen LogP) is 25.8. The molecule has 0 saturated heterocycles. The number of nitrogens with zero attached hydrogens (tertiary/aromatic N) is 1. The molecule has 0 radical (unpaired) electrons. The number of carboxylic acid groups (broad SMARTS) is 1. The van der Waals surface area contributed by atoms with Crippen LogP contribution in [0.1, 0.15) is 399 Å². The smallest absolute Gasteiger partial charge is 0.361 e. The van der Waals surface area contributed by atoms with Crippen molar-refractivity contribution in [3.05, 3.63) is 60.8 Å². The lowest BCUT2D eigenvalue weighted by Crippen LogP contribution is -2.40. The number of carbonyl (C=O) groups excluding carboxylic acids is 2. The highest BCUT2D eigenvalue weighted by Crippen LogP contribution is 2.19. The van der Waals surface area contributed by atoms with Crippen molar-refractivity contribution in [1.82, 2.24) is 0 Å². The maximum Gasteiger partial charge on any atom is 0.361 e. The average Bonchev–Trinajstić information content (AvgIpc) is 3.74. The number of hydrogen-bond donors (Lipinski definition) is 1. The topological polar surface area (TPSA) is 108 Å². The summed E-state index contributed by atoms with van der Waals surface area (Å²) < 4.78 is 23.1. The van der Waals surface area contributed by atoms with Gasteiger partial charge in [0.1, 0.15) is 13.2 Å². The van der Waals surface area contributed by atoms with E-state index in [4.69, 9.17) is 18.9 Å². The van der Waals surface area contributed by atoms with Gasteiger partial charge in [0.2, 0.25) is 0 Å². The van der Waals surface area contributed by atoms with Gasteiger partial charge in [0.05, 0.1) is 34.4 Å². The number of aliphatic carboxylic acids is 1. The largest absolute Gasteiger partial charge is 0.477 e. The molecule has 2 atom stereocenters. The molecular weight excluding hydrogens is 1150 g/mol. The predicted molar refractivity (Wildman–Crippen MR) is 401 cm³/mol. The summed E-state index contributed by atoms with van der Waals surface area (Å²) >= 11 is 0. The van der Waals surface area contributed by atoms with Gasteiger partial charge in [0, 0.05) is 12.8 Å². The van der Waals surface area contributed by atoms with Crippen molar-refractivity contribution >= 4 is 17.9 Å². The zero-order chi connectivity index (χ0) is 67.5. The Morgan fingerprint density at radius 2 is 0.581 bits per heavy atom. The summed E-state index contributed by atoms with van der Waals surface area (Å²) in [5, 5.41) is 9.77. The second kappa shape index (κ2) is 74.8. The zero-order valence-corrected chi connectivity index (χ0v) is 62.4. The number of likely N-dealkylation sites (N-methyl/N-ethyl adjacent to an activating group) is 1. The highest BCUT2D eigenvalue weighted by atomic mass is 16.7. The van der Waals surface area contributed by atoms with Gasteiger partial charge in [-0.3, -0.25) is 9.59 Å². The molecule has 0 spiro atoms. The molecule has 0 bridgehead atoms. The molecule has 0 aromatic rings. The molecule has 93 heavy (non-hydrogen) atoms. The van der Waals surface area contributed by atoms with Crippen molar-refractivity contribution in [2.75, 3.05) is 47.5 Å². The normalized spacial score (nSPS) is 12.9. The number of rotatable bonds is 76. The molecule has 9 nitrogen and oxygen atoms in total. The van der Waals surface area contributed by atoms with Gasteiger partial charge >= 0.3 is 17.9 Å². The lowest BCUT2D eigenvalue weighted by atomic mass is 10.0. The maximum atomic E-state index is 13.0. The van der Waals surface area contributed by atoms with E-state index in [1.807, 2.05) is 21.1 Å². The fourth-order valence-corrected chi connectivity index (χ4v) is 12.1. The number of unbranched alkanes of at least 4 members (excludes halogenated alkanes) is 51. The van der Waals surface area contributed by atoms with Gasteiger partial charge in [-0.2, -0.15) is 0 Å². The van der Waals surface area contributed by atoms with E-state index in [9.17, 15) is 19.5 Å². The lowest BCUT2D eigenvalue weighted by molar-refractivity contribution is -0.870. The summed E-state index contributed by atoms with van der Waals surface area (Å²) in [5.74, 6) is -1.98. The van der Waals surface area contributed by atoms with Gasteiger partial charge in [-0.05, 0) is 83.5 Å². The summed E-state index contributed by atoms with van der Waals surface area (Å²) in [7, 11) is 6.00. The highest BCUT2D eigenvalue weighted by molar-refractivity contribution is 5.71. The number of quaternary nitrogens is 1. The third-order valence-corrected chi connectivity index (χ3v) is 18.2. The van der Waals surface area contributed by atoms with Crippen LogP contribution < -0.4 is 0 Å². The molecule has 0 heterocycles. The van der Waals surface area contributed by atoms with Crippen molar-refractivity contribution in [2.45, 2.75) is 411 Å². The third-order valence-electron chi connectivity index (χ3n) is 18.2. The van der Waals surface area contributed by atoms with Crippen LogP contribution in [0.25, 0.3) is 0 Å². The number of carboxylic acids is 1. The second-order valence-electron chi connectivity index (χ2n) is 28.7. The molecule has 0 fully saturated rings. The Morgan fingerprint density at radius 3 is 0.860 bits per heavy atom. The second-order valence-corrected chi connectivity index (χ2v) is 28.7. The number of allylic oxidation sites excluding steroid dienone is 10. The van der Waals surface area contributed by atoms with E-state index in [0.29, 0.717) is 17.4 Å². The fourth-order valence-electron chi connectivity index (χ4n) is 12.1. The van der Waals surface area contributed by atoms with Crippen molar-refractivity contribution in [3.8, 4) is 0 Å². The van der Waals surface area contributed by atoms with Gasteiger partial charge in [-0.15, -0.1) is 0 Å². The fraction of sp³-hybridized carbons (Fsp3) is 0.845. The standard InChI is InChI=1S/C84H155NO8/c1-6-8-10-12-14-16-18-20-22-24-26-28-30-32-34-36-38-40-41-43-44-46-48-50-52-54-56-58-60-62-64-66-68-70-72-74-81(86)91-78-80(79-92-84(83(88)89)90-77-76-85(3,4)5)93-82(87)75-73-71-69-67-65-63-61-59-57-55-53-51-49-47-45-42-39-37-35-33-31-29-27-25-23-21-19-17-15-13-11-9-7-2/h18-21,24-27,31,33,80,84H,6-17,22-23,28-30,32,34-79H2,1-5H3/p+1/b20-18-,21-19-,26-24-,27-25-,33-31-. The first-order chi connectivity index (χ1) is 45.6. The van der Waals surface area contributed by atoms with Crippen molar-refractivity contribution in [2.24, 2.45) is 0 Å². The lowest BCUT2D eigenvalue weighted by Gasteiger charge is -2.25. The first-order valence-electron chi connectivity index (χ1n) is 40.5. The number of ether oxygens (including phenoxy) is 4. The van der Waals surface area contributed by atoms with Gasteiger partial charge in [-0.25, -0.2) is 4.79 Å². The number of hydrogen-bond acceptors (Lipinski definition) is 7. The van der Waals surface area contributed by atoms with E-state index in [1.165, 1.54) is 315 Å². The van der Waals surface area contributed by atoms with Crippen LogP contribution in [0.5, 0.6) is 0 Å². The van der Waals surface area contributed by atoms with E-state index in [-0.39, 0.29) is 38.2 Å². The third kappa shape index (κ3) is 76.2. The summed E-state index contributed by atoms with van der Waals surface area (Å²) in [4.78, 5) is 37.7. The van der Waals surface area contributed by atoms with Crippen LogP contribution in [0.15, 0.2) is 60.8 Å². The minimum atomic E-state index is -1.51. The van der Waals surface area contributed by atoms with E-state index in [0.717, 1.165) is 57.8 Å². The highest BCUT2D eigenvalue weighted by Gasteiger charge is 2.25. The molecule has 0 amide bonds. The summed E-state index contributed by atoms with van der Waals surface area (Å²) in [6, 6.07) is 0. The summed E-state index contributed by atoms with van der Waals surface area (Å²) in [6.45, 7) is 4.92. The maximum absolute atomic E-state index is 13.0. The molecule has 0 saturated carbocycles. The Labute approximate surface area is 577 Å². The Morgan fingerprint density at radius 1 is 0.323 bits per heavy atom. The first-order valence-corrected chi connectivity index (χ1v) is 40.5. The minimum Gasteiger partial charge on any atom is -0.477 e. The Kier molecular flexibility index (Phi) is 72.4. The molecule has 0 rings (SSSR count). The minimum absolute atomic E-state index is 0.177. The molecule has 544 valence electrons. The van der Waals surface area contributed by atoms with E-state index < -0.39 is 18.4 Å². The Balaban J connectivity index is 3.98. The number of carbonyl (C=O) groups is 3.